The van der Waals surface area contributed by atoms with Gasteiger partial charge in [-0.2, -0.15) is 5.10 Å². The Hall–Kier alpha value is -1.77. The average molecular weight is 187 g/mol. The molecule has 0 atom stereocenters. The maximum absolute atomic E-state index is 5.85. The molecule has 0 saturated heterocycles. The van der Waals surface area contributed by atoms with Crippen molar-refractivity contribution in [3.63, 3.8) is 0 Å². The zero-order chi connectivity index (χ0) is 9.97. The summed E-state index contributed by atoms with van der Waals surface area (Å²) in [5.74, 6) is 0. The predicted octanol–water partition coefficient (Wildman–Crippen LogP) is 1.82. The third kappa shape index (κ3) is 1.62. The largest absolute Gasteiger partial charge is 0.398 e. The second-order valence-corrected chi connectivity index (χ2v) is 3.33. The van der Waals surface area contributed by atoms with Crippen molar-refractivity contribution in [1.29, 1.82) is 0 Å². The van der Waals surface area contributed by atoms with E-state index in [-0.39, 0.29) is 0 Å². The first-order valence-electron chi connectivity index (χ1n) is 4.59. The van der Waals surface area contributed by atoms with Crippen LogP contribution in [0.2, 0.25) is 0 Å². The van der Waals surface area contributed by atoms with Crippen molar-refractivity contribution in [2.45, 2.75) is 13.5 Å². The molecular formula is C11H13N3. The molecule has 0 fully saturated rings. The van der Waals surface area contributed by atoms with Crippen LogP contribution >= 0.6 is 0 Å². The Bertz CT molecular complexity index is 432. The molecule has 0 spiro atoms. The smallest absolute Gasteiger partial charge is 0.0682 e. The first kappa shape index (κ1) is 8.81. The monoisotopic (exact) mass is 187 g/mol. The standard InChI is InChI=1S/C11H13N3/c1-9-6-7-13-14(9)8-10-4-2-3-5-11(10)12/h2-7H,8,12H2,1H3. The van der Waals surface area contributed by atoms with E-state index in [9.17, 15) is 0 Å². The fourth-order valence-corrected chi connectivity index (χ4v) is 1.40. The number of benzene rings is 1. The van der Waals surface area contributed by atoms with Crippen molar-refractivity contribution in [3.8, 4) is 0 Å². The van der Waals surface area contributed by atoms with E-state index in [4.69, 9.17) is 5.73 Å². The Morgan fingerprint density at radius 3 is 2.71 bits per heavy atom. The highest BCUT2D eigenvalue weighted by atomic mass is 15.3. The Balaban J connectivity index is 2.28. The van der Waals surface area contributed by atoms with E-state index in [1.807, 2.05) is 41.9 Å². The fourth-order valence-electron chi connectivity index (χ4n) is 1.40. The second kappa shape index (κ2) is 3.54. The van der Waals surface area contributed by atoms with E-state index >= 15 is 0 Å². The van der Waals surface area contributed by atoms with Crippen molar-refractivity contribution >= 4 is 5.69 Å². The van der Waals surface area contributed by atoms with Gasteiger partial charge in [-0.15, -0.1) is 0 Å². The van der Waals surface area contributed by atoms with Crippen LogP contribution in [-0.2, 0) is 6.54 Å². The maximum Gasteiger partial charge on any atom is 0.0682 e. The van der Waals surface area contributed by atoms with Crippen LogP contribution in [0.3, 0.4) is 0 Å². The van der Waals surface area contributed by atoms with E-state index in [0.29, 0.717) is 0 Å². The molecule has 0 unspecified atom stereocenters. The van der Waals surface area contributed by atoms with Gasteiger partial charge in [0.25, 0.3) is 0 Å². The molecule has 0 radical (unpaired) electrons. The predicted molar refractivity (Wildman–Crippen MR) is 56.9 cm³/mol. The van der Waals surface area contributed by atoms with Gasteiger partial charge >= 0.3 is 0 Å². The fraction of sp³-hybridized carbons (Fsp3) is 0.182. The summed E-state index contributed by atoms with van der Waals surface area (Å²) < 4.78 is 1.94. The SMILES string of the molecule is Cc1ccnn1Cc1ccccc1N. The summed E-state index contributed by atoms with van der Waals surface area (Å²) in [6.07, 6.45) is 1.80. The third-order valence-corrected chi connectivity index (χ3v) is 2.30. The molecule has 3 heteroatoms. The Morgan fingerprint density at radius 1 is 1.29 bits per heavy atom. The van der Waals surface area contributed by atoms with Gasteiger partial charge in [0.15, 0.2) is 0 Å². The van der Waals surface area contributed by atoms with E-state index in [1.165, 1.54) is 0 Å². The van der Waals surface area contributed by atoms with Gasteiger partial charge in [0.05, 0.1) is 6.54 Å². The van der Waals surface area contributed by atoms with Gasteiger partial charge in [-0.3, -0.25) is 4.68 Å². The summed E-state index contributed by atoms with van der Waals surface area (Å²) in [6.45, 7) is 2.78. The van der Waals surface area contributed by atoms with Crippen LogP contribution in [0.5, 0.6) is 0 Å². The summed E-state index contributed by atoms with van der Waals surface area (Å²) in [4.78, 5) is 0. The van der Waals surface area contributed by atoms with E-state index < -0.39 is 0 Å². The molecule has 3 nitrogen and oxygen atoms in total. The lowest BCUT2D eigenvalue weighted by atomic mass is 10.2. The molecule has 2 rings (SSSR count). The molecule has 0 aliphatic rings. The first-order chi connectivity index (χ1) is 6.77. The lowest BCUT2D eigenvalue weighted by molar-refractivity contribution is 0.666. The number of hydrogen-bond acceptors (Lipinski definition) is 2. The molecule has 0 amide bonds. The Morgan fingerprint density at radius 2 is 2.07 bits per heavy atom. The van der Waals surface area contributed by atoms with Gasteiger partial charge in [0.2, 0.25) is 0 Å². The molecule has 0 aliphatic heterocycles. The first-order valence-corrected chi connectivity index (χ1v) is 4.59. The number of rotatable bonds is 2. The number of nitrogens with two attached hydrogens (primary N) is 1. The van der Waals surface area contributed by atoms with Crippen molar-refractivity contribution in [2.24, 2.45) is 0 Å². The molecular weight excluding hydrogens is 174 g/mol. The number of nitrogen functional groups attached to an aromatic ring is 1. The molecule has 1 heterocycles. The minimum absolute atomic E-state index is 0.742. The van der Waals surface area contributed by atoms with Gasteiger partial charge in [0.1, 0.15) is 0 Å². The molecule has 1 aromatic carbocycles. The number of hydrogen-bond donors (Lipinski definition) is 1. The minimum atomic E-state index is 0.742. The molecule has 0 saturated carbocycles. The molecule has 0 aliphatic carbocycles. The van der Waals surface area contributed by atoms with Crippen molar-refractivity contribution in [3.05, 3.63) is 47.8 Å². The van der Waals surface area contributed by atoms with Crippen LogP contribution < -0.4 is 5.73 Å². The zero-order valence-electron chi connectivity index (χ0n) is 8.14. The van der Waals surface area contributed by atoms with Crippen LogP contribution in [0.25, 0.3) is 0 Å². The molecule has 2 aromatic rings. The van der Waals surface area contributed by atoms with Crippen molar-refractivity contribution in [1.82, 2.24) is 9.78 Å². The highest BCUT2D eigenvalue weighted by Crippen LogP contribution is 2.12. The summed E-state index contributed by atoms with van der Waals surface area (Å²) in [5.41, 5.74) is 8.92. The quantitative estimate of drug-likeness (QED) is 0.729. The third-order valence-electron chi connectivity index (χ3n) is 2.30. The average Bonchev–Trinajstić information content (AvgIpc) is 2.56. The number of aryl methyl sites for hydroxylation is 1. The van der Waals surface area contributed by atoms with Crippen LogP contribution in [-0.4, -0.2) is 9.78 Å². The number of nitrogens with zero attached hydrogens (tertiary/aromatic N) is 2. The van der Waals surface area contributed by atoms with Crippen LogP contribution in [0.1, 0.15) is 11.3 Å². The van der Waals surface area contributed by atoms with E-state index in [0.717, 1.165) is 23.5 Å². The summed E-state index contributed by atoms with van der Waals surface area (Å²) in [6, 6.07) is 9.85. The van der Waals surface area contributed by atoms with Gasteiger partial charge in [-0.05, 0) is 24.6 Å². The van der Waals surface area contributed by atoms with Gasteiger partial charge in [-0.1, -0.05) is 18.2 Å². The molecule has 72 valence electrons. The lowest BCUT2D eigenvalue weighted by Gasteiger charge is -2.06. The summed E-state index contributed by atoms with van der Waals surface area (Å²) >= 11 is 0. The van der Waals surface area contributed by atoms with Crippen molar-refractivity contribution < 1.29 is 0 Å². The van der Waals surface area contributed by atoms with Crippen LogP contribution in [0.4, 0.5) is 5.69 Å². The zero-order valence-corrected chi connectivity index (χ0v) is 8.14. The highest BCUT2D eigenvalue weighted by molar-refractivity contribution is 5.46. The number of para-hydroxylation sites is 1. The van der Waals surface area contributed by atoms with Gasteiger partial charge < -0.3 is 5.73 Å². The van der Waals surface area contributed by atoms with E-state index in [1.54, 1.807) is 6.20 Å². The van der Waals surface area contributed by atoms with Crippen molar-refractivity contribution in [2.75, 3.05) is 5.73 Å². The topological polar surface area (TPSA) is 43.8 Å². The Kier molecular flexibility index (Phi) is 2.23. The number of anilines is 1. The van der Waals surface area contributed by atoms with Crippen LogP contribution in [0.15, 0.2) is 36.5 Å². The lowest BCUT2D eigenvalue weighted by Crippen LogP contribution is -2.05. The molecule has 2 N–H and O–H groups in total. The molecule has 1 aromatic heterocycles. The van der Waals surface area contributed by atoms with Gasteiger partial charge in [0, 0.05) is 17.6 Å². The number of aromatic nitrogens is 2. The summed E-state index contributed by atoms with van der Waals surface area (Å²) in [7, 11) is 0. The Labute approximate surface area is 83.2 Å². The van der Waals surface area contributed by atoms with E-state index in [2.05, 4.69) is 5.10 Å². The normalized spacial score (nSPS) is 10.4. The molecule has 0 bridgehead atoms. The summed E-state index contributed by atoms with van der Waals surface area (Å²) in [5, 5.41) is 4.21. The minimum Gasteiger partial charge on any atom is -0.398 e. The molecule has 14 heavy (non-hydrogen) atoms. The maximum atomic E-state index is 5.85. The van der Waals surface area contributed by atoms with Gasteiger partial charge in [-0.25, -0.2) is 0 Å². The second-order valence-electron chi connectivity index (χ2n) is 3.33. The van der Waals surface area contributed by atoms with Crippen LogP contribution in [0, 0.1) is 6.92 Å². The highest BCUT2D eigenvalue weighted by Gasteiger charge is 2.01.